The number of rotatable bonds is 10. The maximum absolute atomic E-state index is 12.7. The van der Waals surface area contributed by atoms with Gasteiger partial charge in [-0.05, 0) is 27.2 Å². The largest absolute Gasteiger partial charge is 0.476 e. The lowest BCUT2D eigenvalue weighted by Crippen LogP contribution is -2.34. The van der Waals surface area contributed by atoms with Gasteiger partial charge in [0.15, 0.2) is 11.2 Å². The van der Waals surface area contributed by atoms with Crippen molar-refractivity contribution in [3.8, 4) is 5.88 Å². The summed E-state index contributed by atoms with van der Waals surface area (Å²) >= 11 is 0. The molecule has 0 bridgehead atoms. The summed E-state index contributed by atoms with van der Waals surface area (Å²) in [6.45, 7) is 9.38. The molecule has 178 valence electrons. The molecule has 3 heterocycles. The summed E-state index contributed by atoms with van der Waals surface area (Å²) in [4.78, 5) is 24.6. The Bertz CT molecular complexity index is 1000. The van der Waals surface area contributed by atoms with Crippen LogP contribution in [0.4, 0.5) is 5.95 Å². The van der Waals surface area contributed by atoms with E-state index in [1.54, 1.807) is 24.7 Å². The topological polar surface area (TPSA) is 153 Å². The molecule has 0 amide bonds. The van der Waals surface area contributed by atoms with E-state index in [0.29, 0.717) is 30.1 Å². The summed E-state index contributed by atoms with van der Waals surface area (Å²) in [5.74, 6) is 0.0361. The molecule has 0 aromatic carbocycles. The van der Waals surface area contributed by atoms with Gasteiger partial charge < -0.3 is 24.5 Å². The second kappa shape index (κ2) is 10.1. The van der Waals surface area contributed by atoms with Crippen LogP contribution in [0.25, 0.3) is 11.2 Å². The molecule has 12 nitrogen and oxygen atoms in total. The fraction of sp³-hybridized carbons (Fsp3) is 0.684. The van der Waals surface area contributed by atoms with Crippen LogP contribution in [0, 0.1) is 5.92 Å². The monoisotopic (exact) mass is 470 g/mol. The Kier molecular flexibility index (Phi) is 7.71. The molecule has 3 rings (SSSR count). The van der Waals surface area contributed by atoms with Crippen molar-refractivity contribution in [2.75, 3.05) is 32.2 Å². The van der Waals surface area contributed by atoms with Crippen LogP contribution in [0.1, 0.15) is 40.3 Å². The van der Waals surface area contributed by atoms with Crippen LogP contribution in [0.15, 0.2) is 6.33 Å². The highest BCUT2D eigenvalue weighted by Gasteiger charge is 2.36. The van der Waals surface area contributed by atoms with Gasteiger partial charge in [-0.15, -0.1) is 0 Å². The molecule has 5 atom stereocenters. The summed E-state index contributed by atoms with van der Waals surface area (Å²) in [5.41, 5.74) is 6.87. The number of nitrogens with two attached hydrogens (primary N) is 1. The number of hydrogen-bond acceptors (Lipinski definition) is 10. The van der Waals surface area contributed by atoms with Gasteiger partial charge in [0.2, 0.25) is 11.8 Å². The first-order valence-electron chi connectivity index (χ1n) is 10.6. The molecule has 1 aliphatic rings. The third kappa shape index (κ3) is 5.55. The summed E-state index contributed by atoms with van der Waals surface area (Å²) in [6.07, 6.45) is 1.64. The van der Waals surface area contributed by atoms with Crippen LogP contribution in [0.5, 0.6) is 5.88 Å². The van der Waals surface area contributed by atoms with E-state index in [0.717, 1.165) is 0 Å². The zero-order valence-corrected chi connectivity index (χ0v) is 19.9. The average Bonchev–Trinajstić information content (AvgIpc) is 3.29. The number of carbonyl (C=O) groups is 1. The van der Waals surface area contributed by atoms with Crippen molar-refractivity contribution in [3.05, 3.63) is 6.33 Å². The number of aromatic nitrogens is 4. The highest BCUT2D eigenvalue weighted by atomic mass is 31.2. The van der Waals surface area contributed by atoms with Gasteiger partial charge in [0.1, 0.15) is 12.3 Å². The Morgan fingerprint density at radius 3 is 2.84 bits per heavy atom. The van der Waals surface area contributed by atoms with E-state index < -0.39 is 19.5 Å². The van der Waals surface area contributed by atoms with Gasteiger partial charge in [0.25, 0.3) is 7.52 Å². The number of esters is 1. The fourth-order valence-electron chi connectivity index (χ4n) is 3.63. The van der Waals surface area contributed by atoms with E-state index in [1.807, 2.05) is 13.8 Å². The molecule has 0 aliphatic carbocycles. The molecule has 5 unspecified atom stereocenters. The molecule has 1 aliphatic heterocycles. The SMILES string of the molecule is CCOC(=O)C(C)NP(C)(=O)OCC1CC(C)C(n2cnc3c(OCC)nc(N)nc32)O1. The lowest BCUT2D eigenvalue weighted by atomic mass is 10.1. The van der Waals surface area contributed by atoms with Crippen molar-refractivity contribution in [1.82, 2.24) is 24.6 Å². The first-order chi connectivity index (χ1) is 15.1. The molecule has 1 fully saturated rings. The highest BCUT2D eigenvalue weighted by Crippen LogP contribution is 2.42. The second-order valence-electron chi connectivity index (χ2n) is 7.75. The van der Waals surface area contributed by atoms with E-state index in [2.05, 4.69) is 20.0 Å². The molecule has 0 radical (unpaired) electrons. The first-order valence-corrected chi connectivity index (χ1v) is 12.7. The van der Waals surface area contributed by atoms with Gasteiger partial charge in [-0.2, -0.15) is 9.97 Å². The van der Waals surface area contributed by atoms with Gasteiger partial charge in [-0.25, -0.2) is 10.1 Å². The van der Waals surface area contributed by atoms with Gasteiger partial charge >= 0.3 is 5.97 Å². The van der Waals surface area contributed by atoms with E-state index in [1.165, 1.54) is 6.66 Å². The van der Waals surface area contributed by atoms with Crippen molar-refractivity contribution < 1.29 is 28.1 Å². The number of nitrogen functional groups attached to an aromatic ring is 1. The highest BCUT2D eigenvalue weighted by molar-refractivity contribution is 7.56. The first kappa shape index (κ1) is 24.4. The smallest absolute Gasteiger partial charge is 0.323 e. The number of fused-ring (bicyclic) bond motifs is 1. The zero-order valence-electron chi connectivity index (χ0n) is 19.0. The third-order valence-electron chi connectivity index (χ3n) is 4.99. The normalized spacial score (nSPS) is 23.7. The minimum atomic E-state index is -3.24. The average molecular weight is 470 g/mol. The van der Waals surface area contributed by atoms with Crippen LogP contribution in [-0.2, 0) is 23.4 Å². The van der Waals surface area contributed by atoms with Crippen molar-refractivity contribution >= 4 is 30.6 Å². The molecule has 32 heavy (non-hydrogen) atoms. The Hall–Kier alpha value is -2.27. The Balaban J connectivity index is 1.66. The molecule has 1 saturated heterocycles. The van der Waals surface area contributed by atoms with E-state index in [-0.39, 0.29) is 37.4 Å². The van der Waals surface area contributed by atoms with Gasteiger partial charge in [-0.3, -0.25) is 13.9 Å². The molecule has 3 N–H and O–H groups in total. The number of ether oxygens (including phenoxy) is 3. The predicted molar refractivity (Wildman–Crippen MR) is 117 cm³/mol. The number of hydrogen-bond donors (Lipinski definition) is 2. The zero-order chi connectivity index (χ0) is 23.5. The number of carbonyl (C=O) groups excluding carboxylic acids is 1. The van der Waals surface area contributed by atoms with Crippen molar-refractivity contribution in [1.29, 1.82) is 0 Å². The van der Waals surface area contributed by atoms with Crippen LogP contribution in [-0.4, -0.2) is 64.1 Å². The van der Waals surface area contributed by atoms with Gasteiger partial charge in [-0.1, -0.05) is 6.92 Å². The summed E-state index contributed by atoms with van der Waals surface area (Å²) in [6, 6.07) is -0.746. The minimum Gasteiger partial charge on any atom is -0.476 e. The van der Waals surface area contributed by atoms with E-state index in [4.69, 9.17) is 24.5 Å². The molecular formula is C19H31N6O6P. The standard InChI is InChI=1S/C19H31N6O6P/c1-6-28-16-14-15(22-19(20)23-16)25(10-21-14)17-11(3)8-13(31-17)9-30-32(5,27)24-12(4)18(26)29-7-2/h10-13,17H,6-9H2,1-5H3,(H,24,27)(H2,20,22,23). The number of anilines is 1. The van der Waals surface area contributed by atoms with Gasteiger partial charge in [0.05, 0.1) is 32.3 Å². The minimum absolute atomic E-state index is 0.0851. The van der Waals surface area contributed by atoms with Crippen molar-refractivity contribution in [2.45, 2.75) is 52.5 Å². The molecule has 0 saturated carbocycles. The predicted octanol–water partition coefficient (Wildman–Crippen LogP) is 2.11. The Labute approximate surface area is 186 Å². The third-order valence-corrected chi connectivity index (χ3v) is 6.49. The quantitative estimate of drug-likeness (QED) is 0.388. The summed E-state index contributed by atoms with van der Waals surface area (Å²) < 4.78 is 36.8. The van der Waals surface area contributed by atoms with Gasteiger partial charge in [0, 0.05) is 12.6 Å². The maximum atomic E-state index is 12.7. The van der Waals surface area contributed by atoms with Crippen molar-refractivity contribution in [2.24, 2.45) is 5.92 Å². The summed E-state index contributed by atoms with van der Waals surface area (Å²) in [5, 5.41) is 2.71. The van der Waals surface area contributed by atoms with E-state index in [9.17, 15) is 9.36 Å². The number of imidazole rings is 1. The van der Waals surface area contributed by atoms with E-state index >= 15 is 0 Å². The van der Waals surface area contributed by atoms with Crippen LogP contribution in [0.2, 0.25) is 0 Å². The fourth-order valence-corrected chi connectivity index (χ4v) is 4.96. The summed E-state index contributed by atoms with van der Waals surface area (Å²) in [7, 11) is -3.24. The number of nitrogens with one attached hydrogen (secondary N) is 1. The lowest BCUT2D eigenvalue weighted by molar-refractivity contribution is -0.144. The Morgan fingerprint density at radius 1 is 1.41 bits per heavy atom. The number of nitrogens with zero attached hydrogens (tertiary/aromatic N) is 4. The van der Waals surface area contributed by atoms with Crippen molar-refractivity contribution in [3.63, 3.8) is 0 Å². The molecule has 0 spiro atoms. The van der Waals surface area contributed by atoms with Crippen LogP contribution >= 0.6 is 7.52 Å². The van der Waals surface area contributed by atoms with Crippen LogP contribution < -0.4 is 15.6 Å². The second-order valence-corrected chi connectivity index (χ2v) is 9.96. The van der Waals surface area contributed by atoms with Crippen LogP contribution in [0.3, 0.4) is 0 Å². The molecule has 2 aromatic rings. The molecule has 13 heteroatoms. The Morgan fingerprint density at radius 2 is 2.16 bits per heavy atom. The molecular weight excluding hydrogens is 439 g/mol. The molecule has 2 aromatic heterocycles. The maximum Gasteiger partial charge on any atom is 0.323 e. The lowest BCUT2D eigenvalue weighted by Gasteiger charge is -2.21.